The Morgan fingerprint density at radius 1 is 1.40 bits per heavy atom. The van der Waals surface area contributed by atoms with Gasteiger partial charge in [-0.3, -0.25) is 4.79 Å². The van der Waals surface area contributed by atoms with Crippen LogP contribution in [-0.2, 0) is 4.79 Å². The minimum absolute atomic E-state index is 0.0186. The van der Waals surface area contributed by atoms with E-state index < -0.39 is 0 Å². The molecule has 1 aromatic carbocycles. The zero-order valence-corrected chi connectivity index (χ0v) is 11.1. The quantitative estimate of drug-likeness (QED) is 0.782. The van der Waals surface area contributed by atoms with Crippen LogP contribution in [0.25, 0.3) is 0 Å². The molecule has 5 heteroatoms. The van der Waals surface area contributed by atoms with Crippen LogP contribution in [0, 0.1) is 0 Å². The predicted octanol–water partition coefficient (Wildman–Crippen LogP) is 4.11. The van der Waals surface area contributed by atoms with Crippen molar-refractivity contribution in [2.75, 3.05) is 6.61 Å². The van der Waals surface area contributed by atoms with E-state index in [0.717, 1.165) is 0 Å². The van der Waals surface area contributed by atoms with E-state index in [2.05, 4.69) is 15.9 Å². The van der Waals surface area contributed by atoms with Crippen molar-refractivity contribution in [2.45, 2.75) is 13.3 Å². The Hall–Kier alpha value is -0.250. The minimum atomic E-state index is 0.0186. The second-order valence-corrected chi connectivity index (χ2v) is 4.55. The highest BCUT2D eigenvalue weighted by Gasteiger charge is 2.08. The third-order valence-electron chi connectivity index (χ3n) is 1.76. The van der Waals surface area contributed by atoms with Crippen molar-refractivity contribution < 1.29 is 9.53 Å². The molecule has 0 aliphatic rings. The van der Waals surface area contributed by atoms with Crippen molar-refractivity contribution >= 4 is 44.9 Å². The van der Waals surface area contributed by atoms with Crippen LogP contribution in [0.1, 0.15) is 13.3 Å². The molecule has 0 radical (unpaired) electrons. The van der Waals surface area contributed by atoms with Gasteiger partial charge in [-0.2, -0.15) is 0 Å². The van der Waals surface area contributed by atoms with Gasteiger partial charge in [0.15, 0.2) is 5.78 Å². The molecule has 0 saturated carbocycles. The van der Waals surface area contributed by atoms with Gasteiger partial charge in [-0.1, -0.05) is 30.1 Å². The first-order valence-corrected chi connectivity index (χ1v) is 5.88. The van der Waals surface area contributed by atoms with Crippen molar-refractivity contribution in [2.24, 2.45) is 0 Å². The molecule has 0 saturated heterocycles. The molecule has 0 amide bonds. The molecule has 0 aliphatic carbocycles. The number of benzene rings is 1. The van der Waals surface area contributed by atoms with Crippen LogP contribution in [0.3, 0.4) is 0 Å². The van der Waals surface area contributed by atoms with E-state index in [9.17, 15) is 4.79 Å². The first-order chi connectivity index (χ1) is 7.04. The Bertz CT molecular complexity index is 380. The fourth-order valence-electron chi connectivity index (χ4n) is 0.875. The van der Waals surface area contributed by atoms with Crippen molar-refractivity contribution in [3.8, 4) is 5.75 Å². The maximum atomic E-state index is 11.0. The summed E-state index contributed by atoms with van der Waals surface area (Å²) >= 11 is 15.0. The summed E-state index contributed by atoms with van der Waals surface area (Å²) in [5.74, 6) is 0.441. The number of ether oxygens (including phenoxy) is 1. The number of hydrogen-bond donors (Lipinski definition) is 0. The average molecular weight is 312 g/mol. The van der Waals surface area contributed by atoms with Crippen LogP contribution >= 0.6 is 39.1 Å². The maximum absolute atomic E-state index is 11.0. The largest absolute Gasteiger partial charge is 0.484 e. The summed E-state index contributed by atoms with van der Waals surface area (Å²) in [4.78, 5) is 11.0. The Balaban J connectivity index is 2.77. The zero-order valence-electron chi connectivity index (χ0n) is 8.02. The second-order valence-electron chi connectivity index (χ2n) is 2.88. The predicted molar refractivity (Wildman–Crippen MR) is 65.0 cm³/mol. The SMILES string of the molecule is CCC(=O)COc1cc(Cl)c(Br)cc1Cl. The Morgan fingerprint density at radius 2 is 2.07 bits per heavy atom. The van der Waals surface area contributed by atoms with E-state index in [1.807, 2.05) is 0 Å². The fraction of sp³-hybridized carbons (Fsp3) is 0.300. The van der Waals surface area contributed by atoms with Crippen LogP contribution in [0.15, 0.2) is 16.6 Å². The van der Waals surface area contributed by atoms with Crippen molar-refractivity contribution in [3.63, 3.8) is 0 Å². The monoisotopic (exact) mass is 310 g/mol. The molecule has 0 aromatic heterocycles. The zero-order chi connectivity index (χ0) is 11.4. The maximum Gasteiger partial charge on any atom is 0.169 e. The number of carbonyl (C=O) groups is 1. The van der Waals surface area contributed by atoms with E-state index in [-0.39, 0.29) is 12.4 Å². The van der Waals surface area contributed by atoms with Crippen LogP contribution in [-0.4, -0.2) is 12.4 Å². The highest BCUT2D eigenvalue weighted by Crippen LogP contribution is 2.33. The number of ketones is 1. The highest BCUT2D eigenvalue weighted by molar-refractivity contribution is 9.10. The van der Waals surface area contributed by atoms with E-state index in [0.29, 0.717) is 26.7 Å². The fourth-order valence-corrected chi connectivity index (χ4v) is 1.72. The van der Waals surface area contributed by atoms with Gasteiger partial charge >= 0.3 is 0 Å². The van der Waals surface area contributed by atoms with Gasteiger partial charge in [0.05, 0.1) is 10.0 Å². The average Bonchev–Trinajstić information content (AvgIpc) is 2.21. The van der Waals surface area contributed by atoms with Gasteiger partial charge in [0.1, 0.15) is 12.4 Å². The van der Waals surface area contributed by atoms with Crippen LogP contribution in [0.4, 0.5) is 0 Å². The van der Waals surface area contributed by atoms with Gasteiger partial charge in [-0.05, 0) is 22.0 Å². The first kappa shape index (κ1) is 12.8. The van der Waals surface area contributed by atoms with Gasteiger partial charge in [0.25, 0.3) is 0 Å². The number of halogens is 3. The molecular formula is C10H9BrCl2O2. The second kappa shape index (κ2) is 5.73. The van der Waals surface area contributed by atoms with E-state index in [1.165, 1.54) is 0 Å². The van der Waals surface area contributed by atoms with Crippen molar-refractivity contribution in [1.82, 2.24) is 0 Å². The topological polar surface area (TPSA) is 26.3 Å². The number of hydrogen-bond acceptors (Lipinski definition) is 2. The van der Waals surface area contributed by atoms with Gasteiger partial charge in [-0.25, -0.2) is 0 Å². The van der Waals surface area contributed by atoms with E-state index in [1.54, 1.807) is 19.1 Å². The lowest BCUT2D eigenvalue weighted by molar-refractivity contribution is -0.120. The lowest BCUT2D eigenvalue weighted by Gasteiger charge is -2.08. The van der Waals surface area contributed by atoms with Crippen LogP contribution in [0.2, 0.25) is 10.0 Å². The van der Waals surface area contributed by atoms with Crippen LogP contribution in [0.5, 0.6) is 5.75 Å². The third-order valence-corrected chi connectivity index (χ3v) is 3.25. The van der Waals surface area contributed by atoms with Crippen molar-refractivity contribution in [3.05, 3.63) is 26.7 Å². The molecule has 0 atom stereocenters. The molecular weight excluding hydrogens is 303 g/mol. The van der Waals surface area contributed by atoms with E-state index in [4.69, 9.17) is 27.9 Å². The Kier molecular flexibility index (Phi) is 4.90. The third kappa shape index (κ3) is 3.67. The molecule has 2 nitrogen and oxygen atoms in total. The molecule has 15 heavy (non-hydrogen) atoms. The molecule has 0 N–H and O–H groups in total. The summed E-state index contributed by atoms with van der Waals surface area (Å²) in [5, 5.41) is 0.925. The smallest absolute Gasteiger partial charge is 0.169 e. The van der Waals surface area contributed by atoms with Gasteiger partial charge < -0.3 is 4.74 Å². The highest BCUT2D eigenvalue weighted by atomic mass is 79.9. The molecule has 0 fully saturated rings. The van der Waals surface area contributed by atoms with Crippen molar-refractivity contribution in [1.29, 1.82) is 0 Å². The number of Topliss-reactive ketones (excluding diaryl/α,β-unsaturated/α-hetero) is 1. The normalized spacial score (nSPS) is 10.1. The number of carbonyl (C=O) groups excluding carboxylic acids is 1. The molecule has 0 bridgehead atoms. The van der Waals surface area contributed by atoms with E-state index >= 15 is 0 Å². The lowest BCUT2D eigenvalue weighted by Crippen LogP contribution is -2.09. The van der Waals surface area contributed by atoms with Gasteiger partial charge in [0.2, 0.25) is 0 Å². The summed E-state index contributed by atoms with van der Waals surface area (Å²) < 4.78 is 5.94. The molecule has 82 valence electrons. The Morgan fingerprint density at radius 3 is 2.67 bits per heavy atom. The van der Waals surface area contributed by atoms with Gasteiger partial charge in [0, 0.05) is 17.0 Å². The molecule has 1 aromatic rings. The number of rotatable bonds is 4. The van der Waals surface area contributed by atoms with Gasteiger partial charge in [-0.15, -0.1) is 0 Å². The molecule has 1 rings (SSSR count). The lowest BCUT2D eigenvalue weighted by atomic mass is 10.3. The standard InChI is InChI=1S/C10H9BrCl2O2/c1-2-6(14)5-15-10-4-8(12)7(11)3-9(10)13/h3-4H,2,5H2,1H3. The Labute approximate surface area is 107 Å². The van der Waals surface area contributed by atoms with Crippen LogP contribution < -0.4 is 4.74 Å². The summed E-state index contributed by atoms with van der Waals surface area (Å²) in [5.41, 5.74) is 0. The summed E-state index contributed by atoms with van der Waals surface area (Å²) in [7, 11) is 0. The summed E-state index contributed by atoms with van der Waals surface area (Å²) in [6, 6.07) is 3.21. The molecule has 0 spiro atoms. The molecule has 0 unspecified atom stereocenters. The molecule has 0 heterocycles. The summed E-state index contributed by atoms with van der Waals surface area (Å²) in [6.07, 6.45) is 0.446. The molecule has 0 aliphatic heterocycles. The minimum Gasteiger partial charge on any atom is -0.484 e. The first-order valence-electron chi connectivity index (χ1n) is 4.33. The summed E-state index contributed by atoms with van der Waals surface area (Å²) in [6.45, 7) is 1.80.